The van der Waals surface area contributed by atoms with Gasteiger partial charge in [0.25, 0.3) is 0 Å². The van der Waals surface area contributed by atoms with Gasteiger partial charge in [-0.05, 0) is 38.8 Å². The maximum absolute atomic E-state index is 13.5. The van der Waals surface area contributed by atoms with Crippen LogP contribution in [0.25, 0.3) is 0 Å². The summed E-state index contributed by atoms with van der Waals surface area (Å²) in [6.07, 6.45) is -3.90. The van der Waals surface area contributed by atoms with Crippen LogP contribution in [0.4, 0.5) is 14.9 Å². The molecule has 2 atom stereocenters. The van der Waals surface area contributed by atoms with Gasteiger partial charge in [0.1, 0.15) is 11.7 Å². The predicted molar refractivity (Wildman–Crippen MR) is 84.5 cm³/mol. The molecule has 0 radical (unpaired) electrons. The number of carbonyl (C=O) groups is 1. The van der Waals surface area contributed by atoms with Gasteiger partial charge in [-0.2, -0.15) is 0 Å². The zero-order valence-corrected chi connectivity index (χ0v) is 14.0. The Kier molecular flexibility index (Phi) is 6.65. The Morgan fingerprint density at radius 2 is 2.00 bits per heavy atom. The average molecular weight is 360 g/mol. The Labute approximate surface area is 143 Å². The lowest BCUT2D eigenvalue weighted by Gasteiger charge is -2.21. The highest BCUT2D eigenvalue weighted by atomic mass is 19.1. The molecule has 25 heavy (non-hydrogen) atoms. The second kappa shape index (κ2) is 8.08. The maximum atomic E-state index is 13.5. The normalized spacial score (nSPS) is 13.8. The Balaban J connectivity index is 2.69. The third-order valence-corrected chi connectivity index (χ3v) is 3.08. The number of nitro benzene ring substituents is 1. The second-order valence-corrected chi connectivity index (χ2v) is 6.36. The zero-order chi connectivity index (χ0) is 19.4. The number of halogens is 1. The van der Waals surface area contributed by atoms with Gasteiger partial charge in [0.15, 0.2) is 5.82 Å². The number of alkyl carbamates (subject to hydrolysis) is 1. The lowest BCUT2D eigenvalue weighted by molar-refractivity contribution is -0.386. The smallest absolute Gasteiger partial charge is 0.407 e. The first-order valence-electron chi connectivity index (χ1n) is 7.42. The molecule has 0 aliphatic rings. The van der Waals surface area contributed by atoms with E-state index in [1.165, 1.54) is 0 Å². The number of aliphatic hydroxyl groups excluding tert-OH is 2. The molecular formula is C15H21FN2O7. The summed E-state index contributed by atoms with van der Waals surface area (Å²) < 4.78 is 18.5. The van der Waals surface area contributed by atoms with Crippen LogP contribution in [0.15, 0.2) is 12.1 Å². The van der Waals surface area contributed by atoms with Gasteiger partial charge in [-0.25, -0.2) is 9.18 Å². The van der Waals surface area contributed by atoms with Crippen LogP contribution in [0.3, 0.4) is 0 Å². The van der Waals surface area contributed by atoms with Crippen molar-refractivity contribution in [3.05, 3.63) is 33.6 Å². The van der Waals surface area contributed by atoms with Gasteiger partial charge in [0, 0.05) is 12.6 Å². The summed E-state index contributed by atoms with van der Waals surface area (Å²) in [6.45, 7) is 4.99. The van der Waals surface area contributed by atoms with Crippen molar-refractivity contribution in [2.24, 2.45) is 0 Å². The highest BCUT2D eigenvalue weighted by Gasteiger charge is 2.26. The third kappa shape index (κ3) is 6.16. The van der Waals surface area contributed by atoms with Crippen molar-refractivity contribution in [3.63, 3.8) is 0 Å². The summed E-state index contributed by atoms with van der Waals surface area (Å²) in [5.41, 5.74) is -1.88. The van der Waals surface area contributed by atoms with Gasteiger partial charge in [0.2, 0.25) is 5.75 Å². The fourth-order valence-electron chi connectivity index (χ4n) is 1.93. The molecular weight excluding hydrogens is 339 g/mol. The molecule has 1 aromatic carbocycles. The first kappa shape index (κ1) is 20.6. The quantitative estimate of drug-likeness (QED) is 0.447. The standard InChI is InChI=1S/C15H21FN2O7/c1-15(2,3)25-14(22)17-5-4-11(19)12(20)8-6-9(16)13(21)10(7-8)18(23)24/h6-7,11-12,19-21H,4-5H2,1-3H3,(H,17,22). The molecule has 0 heterocycles. The van der Waals surface area contributed by atoms with Gasteiger partial charge >= 0.3 is 11.8 Å². The number of phenols is 1. The fourth-order valence-corrected chi connectivity index (χ4v) is 1.93. The van der Waals surface area contributed by atoms with E-state index in [4.69, 9.17) is 4.74 Å². The van der Waals surface area contributed by atoms with Gasteiger partial charge in [-0.1, -0.05) is 0 Å². The second-order valence-electron chi connectivity index (χ2n) is 6.36. The maximum Gasteiger partial charge on any atom is 0.407 e. The molecule has 0 aliphatic heterocycles. The van der Waals surface area contributed by atoms with Crippen LogP contribution in [0, 0.1) is 15.9 Å². The zero-order valence-electron chi connectivity index (χ0n) is 14.0. The number of aromatic hydroxyl groups is 1. The fraction of sp³-hybridized carbons (Fsp3) is 0.533. The molecule has 10 heteroatoms. The number of benzene rings is 1. The van der Waals surface area contributed by atoms with Gasteiger partial charge in [-0.15, -0.1) is 0 Å². The molecule has 1 amide bonds. The van der Waals surface area contributed by atoms with Crippen LogP contribution < -0.4 is 5.32 Å². The summed E-state index contributed by atoms with van der Waals surface area (Å²) in [5, 5.41) is 42.3. The number of amides is 1. The number of carbonyl (C=O) groups excluding carboxylic acids is 1. The summed E-state index contributed by atoms with van der Waals surface area (Å²) >= 11 is 0. The molecule has 0 spiro atoms. The number of ether oxygens (including phenoxy) is 1. The Hall–Kier alpha value is -2.46. The molecule has 0 aliphatic carbocycles. The van der Waals surface area contributed by atoms with Gasteiger partial charge < -0.3 is 25.4 Å². The van der Waals surface area contributed by atoms with E-state index >= 15 is 0 Å². The Bertz CT molecular complexity index is 646. The predicted octanol–water partition coefficient (Wildman–Crippen LogP) is 1.75. The molecule has 1 rings (SSSR count). The largest absolute Gasteiger partial charge is 0.500 e. The van der Waals surface area contributed by atoms with E-state index in [9.17, 15) is 34.6 Å². The van der Waals surface area contributed by atoms with E-state index < -0.39 is 46.1 Å². The molecule has 9 nitrogen and oxygen atoms in total. The number of nitrogens with one attached hydrogen (secondary N) is 1. The van der Waals surface area contributed by atoms with Crippen molar-refractivity contribution in [3.8, 4) is 5.75 Å². The Morgan fingerprint density at radius 1 is 1.40 bits per heavy atom. The van der Waals surface area contributed by atoms with Crippen LogP contribution in [0.5, 0.6) is 5.75 Å². The van der Waals surface area contributed by atoms with Crippen molar-refractivity contribution < 1.29 is 34.2 Å². The lowest BCUT2D eigenvalue weighted by atomic mass is 10.0. The number of rotatable bonds is 6. The van der Waals surface area contributed by atoms with Gasteiger partial charge in [-0.3, -0.25) is 10.1 Å². The summed E-state index contributed by atoms with van der Waals surface area (Å²) in [5.74, 6) is -2.44. The molecule has 0 saturated carbocycles. The number of nitrogens with zero attached hydrogens (tertiary/aromatic N) is 1. The number of phenolic OH excluding ortho intramolecular Hbond substituents is 1. The van der Waals surface area contributed by atoms with Gasteiger partial charge in [0.05, 0.1) is 11.0 Å². The lowest BCUT2D eigenvalue weighted by Crippen LogP contribution is -2.34. The minimum atomic E-state index is -1.64. The SMILES string of the molecule is CC(C)(C)OC(=O)NCCC(O)C(O)c1cc(F)c(O)c([N+](=O)[O-])c1. The van der Waals surface area contributed by atoms with Crippen molar-refractivity contribution in [1.29, 1.82) is 0 Å². The first-order valence-corrected chi connectivity index (χ1v) is 7.42. The highest BCUT2D eigenvalue weighted by Crippen LogP contribution is 2.33. The van der Waals surface area contributed by atoms with Crippen LogP contribution in [0.2, 0.25) is 0 Å². The van der Waals surface area contributed by atoms with Crippen LogP contribution in [0.1, 0.15) is 38.9 Å². The third-order valence-electron chi connectivity index (χ3n) is 3.08. The minimum absolute atomic E-state index is 0.0458. The van der Waals surface area contributed by atoms with Crippen LogP contribution in [-0.2, 0) is 4.74 Å². The van der Waals surface area contributed by atoms with E-state index in [0.29, 0.717) is 6.07 Å². The summed E-state index contributed by atoms with van der Waals surface area (Å²) in [7, 11) is 0. The number of aliphatic hydroxyl groups is 2. The molecule has 0 aromatic heterocycles. The molecule has 0 fully saturated rings. The van der Waals surface area contributed by atoms with E-state index in [-0.39, 0.29) is 18.5 Å². The average Bonchev–Trinajstić information content (AvgIpc) is 2.46. The van der Waals surface area contributed by atoms with Crippen molar-refractivity contribution >= 4 is 11.8 Å². The van der Waals surface area contributed by atoms with Crippen LogP contribution >= 0.6 is 0 Å². The molecule has 2 unspecified atom stereocenters. The Morgan fingerprint density at radius 3 is 2.52 bits per heavy atom. The van der Waals surface area contributed by atoms with Crippen molar-refractivity contribution in [2.75, 3.05) is 6.54 Å². The topological polar surface area (TPSA) is 142 Å². The summed E-state index contributed by atoms with van der Waals surface area (Å²) in [4.78, 5) is 21.2. The number of hydrogen-bond donors (Lipinski definition) is 4. The number of hydrogen-bond acceptors (Lipinski definition) is 7. The summed E-state index contributed by atoms with van der Waals surface area (Å²) in [6, 6.07) is 1.46. The van der Waals surface area contributed by atoms with Crippen LogP contribution in [-0.4, -0.2) is 44.6 Å². The highest BCUT2D eigenvalue weighted by molar-refractivity contribution is 5.67. The molecule has 0 bridgehead atoms. The molecule has 1 aromatic rings. The first-order chi connectivity index (χ1) is 11.4. The van der Waals surface area contributed by atoms with Crippen molar-refractivity contribution in [1.82, 2.24) is 5.32 Å². The monoisotopic (exact) mass is 360 g/mol. The molecule has 140 valence electrons. The van der Waals surface area contributed by atoms with E-state index in [2.05, 4.69) is 5.32 Å². The van der Waals surface area contributed by atoms with E-state index in [1.54, 1.807) is 20.8 Å². The van der Waals surface area contributed by atoms with Crippen molar-refractivity contribution in [2.45, 2.75) is 45.0 Å². The molecule has 4 N–H and O–H groups in total. The molecule has 0 saturated heterocycles. The van der Waals surface area contributed by atoms with E-state index in [1.807, 2.05) is 0 Å². The number of nitro groups is 1. The van der Waals surface area contributed by atoms with E-state index in [0.717, 1.165) is 6.07 Å². The minimum Gasteiger partial charge on any atom is -0.500 e.